The molecule has 0 radical (unpaired) electrons. The van der Waals surface area contributed by atoms with E-state index < -0.39 is 0 Å². The van der Waals surface area contributed by atoms with E-state index in [0.717, 1.165) is 30.4 Å². The van der Waals surface area contributed by atoms with Crippen LogP contribution in [0.4, 0.5) is 5.82 Å². The third-order valence-electron chi connectivity index (χ3n) is 3.81. The van der Waals surface area contributed by atoms with Crippen LogP contribution in [0.1, 0.15) is 11.3 Å². The summed E-state index contributed by atoms with van der Waals surface area (Å²) in [7, 11) is 3.74. The van der Waals surface area contributed by atoms with Crippen LogP contribution in [0, 0.1) is 0 Å². The Balaban J connectivity index is 1.86. The van der Waals surface area contributed by atoms with Gasteiger partial charge in [-0.2, -0.15) is 0 Å². The molecule has 0 saturated carbocycles. The van der Waals surface area contributed by atoms with E-state index in [1.165, 1.54) is 5.56 Å². The quantitative estimate of drug-likeness (QED) is 0.654. The maximum atomic E-state index is 5.53. The standard InChI is InChI=1S/C19H21N2O2/c1-20-12-4-3-7-19(20)21(15-18-6-5-13-23-18)14-16-8-10-17(22-2)11-9-16/h3-13H,14-15H2,1-2H3/q+1. The van der Waals surface area contributed by atoms with Gasteiger partial charge >= 0.3 is 0 Å². The van der Waals surface area contributed by atoms with Crippen LogP contribution in [-0.4, -0.2) is 7.11 Å². The van der Waals surface area contributed by atoms with Crippen LogP contribution in [0.15, 0.2) is 71.5 Å². The summed E-state index contributed by atoms with van der Waals surface area (Å²) in [5.41, 5.74) is 1.22. The molecule has 0 aliphatic heterocycles. The van der Waals surface area contributed by atoms with Gasteiger partial charge in [0.25, 0.3) is 5.82 Å². The molecule has 0 N–H and O–H groups in total. The van der Waals surface area contributed by atoms with Crippen LogP contribution in [0.25, 0.3) is 0 Å². The molecule has 2 aromatic heterocycles. The van der Waals surface area contributed by atoms with Crippen molar-refractivity contribution in [2.45, 2.75) is 13.1 Å². The van der Waals surface area contributed by atoms with Crippen LogP contribution >= 0.6 is 0 Å². The van der Waals surface area contributed by atoms with E-state index in [9.17, 15) is 0 Å². The SMILES string of the molecule is COc1ccc(CN(Cc2ccco2)c2cccc[n+]2C)cc1. The fourth-order valence-corrected chi connectivity index (χ4v) is 2.60. The summed E-state index contributed by atoms with van der Waals surface area (Å²) in [4.78, 5) is 2.29. The topological polar surface area (TPSA) is 29.5 Å². The Bertz CT molecular complexity index is 736. The van der Waals surface area contributed by atoms with Crippen LogP contribution in [0.5, 0.6) is 5.75 Å². The molecule has 4 heteroatoms. The number of furan rings is 1. The number of methoxy groups -OCH3 is 1. The van der Waals surface area contributed by atoms with Gasteiger partial charge in [-0.05, 0) is 35.9 Å². The lowest BCUT2D eigenvalue weighted by atomic mass is 10.2. The highest BCUT2D eigenvalue weighted by Gasteiger charge is 2.19. The van der Waals surface area contributed by atoms with Crippen LogP contribution in [0.3, 0.4) is 0 Å². The van der Waals surface area contributed by atoms with E-state index in [4.69, 9.17) is 9.15 Å². The van der Waals surface area contributed by atoms with Crippen molar-refractivity contribution in [2.75, 3.05) is 12.0 Å². The molecule has 0 amide bonds. The van der Waals surface area contributed by atoms with Crippen molar-refractivity contribution in [3.8, 4) is 5.75 Å². The van der Waals surface area contributed by atoms with Gasteiger partial charge in [-0.1, -0.05) is 18.2 Å². The normalized spacial score (nSPS) is 10.5. The number of hydrogen-bond donors (Lipinski definition) is 0. The predicted molar refractivity (Wildman–Crippen MR) is 89.2 cm³/mol. The molecule has 4 nitrogen and oxygen atoms in total. The molecule has 3 aromatic rings. The lowest BCUT2D eigenvalue weighted by Crippen LogP contribution is -2.38. The van der Waals surface area contributed by atoms with Crippen molar-refractivity contribution in [3.05, 3.63) is 78.4 Å². The van der Waals surface area contributed by atoms with Gasteiger partial charge in [-0.3, -0.25) is 4.90 Å². The molecule has 0 unspecified atom stereocenters. The average Bonchev–Trinajstić information content (AvgIpc) is 3.08. The Kier molecular flexibility index (Phi) is 4.62. The lowest BCUT2D eigenvalue weighted by Gasteiger charge is -2.18. The Labute approximate surface area is 136 Å². The van der Waals surface area contributed by atoms with Crippen molar-refractivity contribution in [1.29, 1.82) is 0 Å². The summed E-state index contributed by atoms with van der Waals surface area (Å²) >= 11 is 0. The molecule has 0 bridgehead atoms. The largest absolute Gasteiger partial charge is 0.497 e. The second-order valence-electron chi connectivity index (χ2n) is 5.45. The number of aromatic nitrogens is 1. The molecule has 118 valence electrons. The predicted octanol–water partition coefficient (Wildman–Crippen LogP) is 3.32. The summed E-state index contributed by atoms with van der Waals surface area (Å²) < 4.78 is 12.9. The molecular weight excluding hydrogens is 288 g/mol. The number of pyridine rings is 1. The monoisotopic (exact) mass is 309 g/mol. The second kappa shape index (κ2) is 7.01. The first-order valence-electron chi connectivity index (χ1n) is 7.61. The number of anilines is 1. The van der Waals surface area contributed by atoms with Gasteiger partial charge in [0.05, 0.1) is 26.6 Å². The summed E-state index contributed by atoms with van der Waals surface area (Å²) in [6, 6.07) is 18.3. The molecule has 0 spiro atoms. The Morgan fingerprint density at radius 3 is 2.48 bits per heavy atom. The van der Waals surface area contributed by atoms with Crippen molar-refractivity contribution in [3.63, 3.8) is 0 Å². The van der Waals surface area contributed by atoms with Crippen molar-refractivity contribution in [1.82, 2.24) is 0 Å². The molecule has 0 aliphatic carbocycles. The summed E-state index contributed by atoms with van der Waals surface area (Å²) in [5, 5.41) is 0. The van der Waals surface area contributed by atoms with E-state index >= 15 is 0 Å². The van der Waals surface area contributed by atoms with E-state index in [1.54, 1.807) is 13.4 Å². The highest BCUT2D eigenvalue weighted by atomic mass is 16.5. The molecule has 0 fully saturated rings. The molecule has 2 heterocycles. The number of benzene rings is 1. The number of ether oxygens (including phenoxy) is 1. The highest BCUT2D eigenvalue weighted by Crippen LogP contribution is 2.18. The second-order valence-corrected chi connectivity index (χ2v) is 5.45. The third kappa shape index (κ3) is 3.72. The first-order chi connectivity index (χ1) is 11.3. The van der Waals surface area contributed by atoms with Crippen LogP contribution in [-0.2, 0) is 20.1 Å². The number of nitrogens with zero attached hydrogens (tertiary/aromatic N) is 2. The van der Waals surface area contributed by atoms with Gasteiger partial charge in [0.15, 0.2) is 0 Å². The van der Waals surface area contributed by atoms with Gasteiger partial charge in [0, 0.05) is 6.07 Å². The molecular formula is C19H21N2O2+. The van der Waals surface area contributed by atoms with Gasteiger partial charge in [0.1, 0.15) is 24.6 Å². The summed E-state index contributed by atoms with van der Waals surface area (Å²) in [5.74, 6) is 2.96. The Hall–Kier alpha value is -2.75. The summed E-state index contributed by atoms with van der Waals surface area (Å²) in [6.45, 7) is 1.51. The van der Waals surface area contributed by atoms with Gasteiger partial charge < -0.3 is 9.15 Å². The molecule has 0 atom stereocenters. The molecule has 0 saturated heterocycles. The van der Waals surface area contributed by atoms with Gasteiger partial charge in [-0.15, -0.1) is 0 Å². The lowest BCUT2D eigenvalue weighted by molar-refractivity contribution is -0.659. The Morgan fingerprint density at radius 1 is 1.00 bits per heavy atom. The first kappa shape index (κ1) is 15.2. The minimum absolute atomic E-state index is 0.719. The van der Waals surface area contributed by atoms with Crippen LogP contribution in [0.2, 0.25) is 0 Å². The third-order valence-corrected chi connectivity index (χ3v) is 3.81. The zero-order chi connectivity index (χ0) is 16.1. The maximum absolute atomic E-state index is 5.53. The van der Waals surface area contributed by atoms with Gasteiger partial charge in [0.2, 0.25) is 0 Å². The number of aryl methyl sites for hydroxylation is 1. The van der Waals surface area contributed by atoms with Crippen molar-refractivity contribution in [2.24, 2.45) is 7.05 Å². The maximum Gasteiger partial charge on any atom is 0.276 e. The molecule has 3 rings (SSSR count). The first-order valence-corrected chi connectivity index (χ1v) is 7.61. The number of hydrogen-bond acceptors (Lipinski definition) is 3. The minimum Gasteiger partial charge on any atom is -0.497 e. The van der Waals surface area contributed by atoms with Crippen molar-refractivity contribution >= 4 is 5.82 Å². The molecule has 23 heavy (non-hydrogen) atoms. The zero-order valence-corrected chi connectivity index (χ0v) is 13.5. The van der Waals surface area contributed by atoms with Crippen molar-refractivity contribution < 1.29 is 13.7 Å². The summed E-state index contributed by atoms with van der Waals surface area (Å²) in [6.07, 6.45) is 3.77. The average molecular weight is 309 g/mol. The minimum atomic E-state index is 0.719. The Morgan fingerprint density at radius 2 is 1.83 bits per heavy atom. The fourth-order valence-electron chi connectivity index (χ4n) is 2.60. The smallest absolute Gasteiger partial charge is 0.276 e. The highest BCUT2D eigenvalue weighted by molar-refractivity contribution is 5.36. The molecule has 1 aromatic carbocycles. The fraction of sp³-hybridized carbons (Fsp3) is 0.211. The zero-order valence-electron chi connectivity index (χ0n) is 13.5. The molecule has 0 aliphatic rings. The van der Waals surface area contributed by atoms with E-state index in [1.807, 2.05) is 30.3 Å². The van der Waals surface area contributed by atoms with E-state index in [2.05, 4.69) is 47.0 Å². The number of rotatable bonds is 6. The van der Waals surface area contributed by atoms with Gasteiger partial charge in [-0.25, -0.2) is 4.57 Å². The van der Waals surface area contributed by atoms with Crippen LogP contribution < -0.4 is 14.2 Å². The van der Waals surface area contributed by atoms with E-state index in [0.29, 0.717) is 0 Å². The van der Waals surface area contributed by atoms with E-state index in [-0.39, 0.29) is 0 Å².